The highest BCUT2D eigenvalue weighted by atomic mass is 79.9. The predicted molar refractivity (Wildman–Crippen MR) is 178 cm³/mol. The molecule has 2 heterocycles. The number of rotatable bonds is 7. The number of benzene rings is 3. The third-order valence-electron chi connectivity index (χ3n) is 10.1. The number of aryl methyl sites for hydroxylation is 1. The fourth-order valence-corrected chi connectivity index (χ4v) is 8.50. The molecule has 5 aliphatic rings. The third-order valence-corrected chi connectivity index (χ3v) is 10.9. The Hall–Kier alpha value is -4.14. The molecule has 6 unspecified atom stereocenters. The molecule has 46 heavy (non-hydrogen) atoms. The summed E-state index contributed by atoms with van der Waals surface area (Å²) < 4.78 is 6.32. The van der Waals surface area contributed by atoms with Gasteiger partial charge in [-0.05, 0) is 96.7 Å². The molecule has 2 amide bonds. The number of imide groups is 1. The minimum Gasteiger partial charge on any atom is -0.454 e. The van der Waals surface area contributed by atoms with E-state index in [0.717, 1.165) is 16.5 Å². The zero-order chi connectivity index (χ0) is 31.9. The van der Waals surface area contributed by atoms with Crippen LogP contribution < -0.4 is 4.90 Å². The summed E-state index contributed by atoms with van der Waals surface area (Å²) in [5.41, 5.74) is 4.04. The Morgan fingerprint density at radius 2 is 1.59 bits per heavy atom. The van der Waals surface area contributed by atoms with Crippen LogP contribution in [-0.4, -0.2) is 35.2 Å². The molecular formula is C37H28BrClN2O5. The van der Waals surface area contributed by atoms with Gasteiger partial charge in [-0.15, -0.1) is 0 Å². The molecule has 4 aliphatic carbocycles. The number of anilines is 1. The number of hydrogen-bond donors (Lipinski definition) is 0. The lowest BCUT2D eigenvalue weighted by molar-refractivity contribution is -0.124. The summed E-state index contributed by atoms with van der Waals surface area (Å²) in [6.45, 7) is 1.58. The monoisotopic (exact) mass is 694 g/mol. The normalized spacial score (nSPS) is 25.5. The second kappa shape index (κ2) is 11.0. The Kier molecular flexibility index (Phi) is 6.99. The number of pyridine rings is 1. The van der Waals surface area contributed by atoms with Crippen LogP contribution in [0.2, 0.25) is 5.02 Å². The molecule has 0 spiro atoms. The SMILES string of the molecule is CCc1cc(Br)cc2c(C(=O)OCC(=O)c3ccc(Cl)cc3)cc(-c3ccc(N4C(=O)C5C6C=CC(C7CC67)C5C4=O)cc3)nc12. The van der Waals surface area contributed by atoms with Gasteiger partial charge in [0.1, 0.15) is 0 Å². The van der Waals surface area contributed by atoms with E-state index in [-0.39, 0.29) is 46.8 Å². The minimum atomic E-state index is -0.648. The standard InChI is InChI=1S/C37H28BrClN2O5/c1-2-18-13-21(38)14-28-29(37(45)46-17-31(42)20-3-7-22(39)8-4-20)16-30(40-34(18)28)19-5-9-23(10-6-19)41-35(43)32-24-11-12-25(27-15-26(24)27)33(32)36(41)44/h3-14,16,24-27,32-33H,2,15,17H2,1H3. The van der Waals surface area contributed by atoms with Crippen molar-refractivity contribution in [3.05, 3.63) is 105 Å². The summed E-state index contributed by atoms with van der Waals surface area (Å²) in [6.07, 6.45) is 6.13. The molecule has 1 saturated heterocycles. The summed E-state index contributed by atoms with van der Waals surface area (Å²) in [7, 11) is 0. The van der Waals surface area contributed by atoms with E-state index in [1.165, 1.54) is 4.90 Å². The summed E-state index contributed by atoms with van der Waals surface area (Å²) in [5.74, 6) is -0.324. The van der Waals surface area contributed by atoms with Crippen LogP contribution in [0.25, 0.3) is 22.2 Å². The van der Waals surface area contributed by atoms with Gasteiger partial charge in [-0.1, -0.05) is 58.7 Å². The number of allylic oxidation sites excluding steroid dienone is 2. The number of Topliss-reactive ketones (excluding diaryl/α,β-unsaturated/α-hetero) is 1. The second-order valence-electron chi connectivity index (χ2n) is 12.6. The van der Waals surface area contributed by atoms with Crippen LogP contribution in [0.1, 0.15) is 39.6 Å². The molecule has 7 nitrogen and oxygen atoms in total. The van der Waals surface area contributed by atoms with Crippen molar-refractivity contribution in [2.75, 3.05) is 11.5 Å². The molecule has 230 valence electrons. The van der Waals surface area contributed by atoms with Crippen LogP contribution in [0, 0.1) is 35.5 Å². The van der Waals surface area contributed by atoms with Crippen molar-refractivity contribution < 1.29 is 23.9 Å². The number of ether oxygens (including phenoxy) is 1. The lowest BCUT2D eigenvalue weighted by atomic mass is 9.63. The quantitative estimate of drug-likeness (QED) is 0.0862. The molecule has 9 heteroatoms. The van der Waals surface area contributed by atoms with Crippen molar-refractivity contribution >= 4 is 67.7 Å². The highest BCUT2D eigenvalue weighted by molar-refractivity contribution is 9.10. The first-order valence-electron chi connectivity index (χ1n) is 15.5. The summed E-state index contributed by atoms with van der Waals surface area (Å²) in [6, 6.07) is 19.0. The van der Waals surface area contributed by atoms with Crippen molar-refractivity contribution in [3.63, 3.8) is 0 Å². The van der Waals surface area contributed by atoms with Gasteiger partial charge in [-0.3, -0.25) is 19.3 Å². The number of esters is 1. The molecule has 9 rings (SSSR count). The lowest BCUT2D eigenvalue weighted by Crippen LogP contribution is -2.40. The van der Waals surface area contributed by atoms with E-state index in [9.17, 15) is 19.2 Å². The van der Waals surface area contributed by atoms with Gasteiger partial charge in [-0.2, -0.15) is 0 Å². The number of hydrogen-bond acceptors (Lipinski definition) is 6. The third kappa shape index (κ3) is 4.64. The van der Waals surface area contributed by atoms with Gasteiger partial charge in [0.2, 0.25) is 11.8 Å². The van der Waals surface area contributed by atoms with Gasteiger partial charge < -0.3 is 4.74 Å². The summed E-state index contributed by atoms with van der Waals surface area (Å²) in [4.78, 5) is 59.8. The van der Waals surface area contributed by atoms with Crippen LogP contribution >= 0.6 is 27.5 Å². The van der Waals surface area contributed by atoms with Crippen molar-refractivity contribution in [2.45, 2.75) is 19.8 Å². The van der Waals surface area contributed by atoms with Gasteiger partial charge in [0, 0.05) is 26.0 Å². The number of carbonyl (C=O) groups is 4. The summed E-state index contributed by atoms with van der Waals surface area (Å²) in [5, 5.41) is 1.11. The lowest BCUT2D eigenvalue weighted by Gasteiger charge is -2.37. The van der Waals surface area contributed by atoms with E-state index < -0.39 is 12.6 Å². The van der Waals surface area contributed by atoms with E-state index in [4.69, 9.17) is 21.3 Å². The maximum Gasteiger partial charge on any atom is 0.339 e. The number of ketones is 1. The minimum absolute atomic E-state index is 0.104. The number of amides is 2. The Bertz CT molecular complexity index is 1970. The van der Waals surface area contributed by atoms with Crippen molar-refractivity contribution in [1.82, 2.24) is 4.98 Å². The molecule has 0 N–H and O–H groups in total. The van der Waals surface area contributed by atoms with Crippen molar-refractivity contribution in [2.24, 2.45) is 35.5 Å². The van der Waals surface area contributed by atoms with Gasteiger partial charge in [0.25, 0.3) is 0 Å². The molecule has 3 fully saturated rings. The van der Waals surface area contributed by atoms with E-state index in [1.54, 1.807) is 42.5 Å². The average Bonchev–Trinajstić information content (AvgIpc) is 3.85. The highest BCUT2D eigenvalue weighted by Crippen LogP contribution is 2.65. The average molecular weight is 696 g/mol. The fraction of sp³-hybridized carbons (Fsp3) is 0.270. The first kappa shape index (κ1) is 29.3. The van der Waals surface area contributed by atoms with Crippen LogP contribution in [0.4, 0.5) is 5.69 Å². The fourth-order valence-electron chi connectivity index (χ4n) is 7.87. The molecule has 2 bridgehead atoms. The number of nitrogens with zero attached hydrogens (tertiary/aromatic N) is 2. The number of aromatic nitrogens is 1. The van der Waals surface area contributed by atoms with Gasteiger partial charge >= 0.3 is 5.97 Å². The Balaban J connectivity index is 1.10. The van der Waals surface area contributed by atoms with E-state index in [0.29, 0.717) is 56.7 Å². The molecular weight excluding hydrogens is 668 g/mol. The van der Waals surface area contributed by atoms with Crippen LogP contribution in [-0.2, 0) is 20.7 Å². The number of carbonyl (C=O) groups excluding carboxylic acids is 4. The molecule has 2 saturated carbocycles. The predicted octanol–water partition coefficient (Wildman–Crippen LogP) is 7.48. The molecule has 3 aromatic carbocycles. The van der Waals surface area contributed by atoms with E-state index >= 15 is 0 Å². The van der Waals surface area contributed by atoms with E-state index in [2.05, 4.69) is 28.1 Å². The van der Waals surface area contributed by atoms with Crippen LogP contribution in [0.3, 0.4) is 0 Å². The second-order valence-corrected chi connectivity index (χ2v) is 13.9. The smallest absolute Gasteiger partial charge is 0.339 e. The van der Waals surface area contributed by atoms with Gasteiger partial charge in [0.15, 0.2) is 12.4 Å². The van der Waals surface area contributed by atoms with Crippen molar-refractivity contribution in [3.8, 4) is 11.3 Å². The first-order chi connectivity index (χ1) is 22.2. The highest BCUT2D eigenvalue weighted by Gasteiger charge is 2.67. The molecule has 6 atom stereocenters. The maximum absolute atomic E-state index is 13.6. The molecule has 4 aromatic rings. The largest absolute Gasteiger partial charge is 0.454 e. The van der Waals surface area contributed by atoms with Gasteiger partial charge in [-0.25, -0.2) is 9.78 Å². The van der Waals surface area contributed by atoms with E-state index in [1.807, 2.05) is 31.2 Å². The Labute approximate surface area is 278 Å². The summed E-state index contributed by atoms with van der Waals surface area (Å²) >= 11 is 9.49. The molecule has 0 radical (unpaired) electrons. The number of fused-ring (bicyclic) bond motifs is 1. The van der Waals surface area contributed by atoms with Crippen LogP contribution in [0.5, 0.6) is 0 Å². The zero-order valence-corrected chi connectivity index (χ0v) is 27.1. The van der Waals surface area contributed by atoms with Crippen LogP contribution in [0.15, 0.2) is 83.4 Å². The topological polar surface area (TPSA) is 93.6 Å². The first-order valence-corrected chi connectivity index (χ1v) is 16.7. The molecule has 1 aliphatic heterocycles. The van der Waals surface area contributed by atoms with Gasteiger partial charge in [0.05, 0.1) is 34.3 Å². The zero-order valence-electron chi connectivity index (χ0n) is 24.8. The Morgan fingerprint density at radius 3 is 2.22 bits per heavy atom. The maximum atomic E-state index is 13.6. The molecule has 1 aromatic heterocycles. The number of halogens is 2. The van der Waals surface area contributed by atoms with Crippen molar-refractivity contribution in [1.29, 1.82) is 0 Å². The Morgan fingerprint density at radius 1 is 0.935 bits per heavy atom.